The molecule has 8 aromatic carbocycles. The summed E-state index contributed by atoms with van der Waals surface area (Å²) in [6.07, 6.45) is 18.1. The molecule has 0 fully saturated rings. The van der Waals surface area contributed by atoms with Crippen molar-refractivity contribution in [1.82, 2.24) is 0 Å². The fourth-order valence-corrected chi connectivity index (χ4v) is 13.2. The molecule has 0 heteroatoms. The van der Waals surface area contributed by atoms with E-state index in [1.807, 2.05) is 0 Å². The molecule has 0 saturated heterocycles. The quantitative estimate of drug-likeness (QED) is 0.0630. The van der Waals surface area contributed by atoms with Gasteiger partial charge in [0.2, 0.25) is 0 Å². The molecule has 0 heterocycles. The van der Waals surface area contributed by atoms with Crippen molar-refractivity contribution in [3.05, 3.63) is 201 Å². The van der Waals surface area contributed by atoms with Crippen molar-refractivity contribution in [2.24, 2.45) is 0 Å². The fourth-order valence-electron chi connectivity index (χ4n) is 13.2. The first kappa shape index (κ1) is 49.8. The Hall–Kier alpha value is -5.72. The van der Waals surface area contributed by atoms with Gasteiger partial charge in [-0.15, -0.1) is 0 Å². The van der Waals surface area contributed by atoms with E-state index >= 15 is 0 Å². The van der Waals surface area contributed by atoms with Crippen molar-refractivity contribution in [3.63, 3.8) is 0 Å². The predicted molar refractivity (Wildman–Crippen MR) is 313 cm³/mol. The summed E-state index contributed by atoms with van der Waals surface area (Å²) in [5.41, 5.74) is 22.0. The van der Waals surface area contributed by atoms with Crippen LogP contribution in [0.1, 0.15) is 201 Å². The van der Waals surface area contributed by atoms with E-state index in [1.54, 1.807) is 11.1 Å². The summed E-state index contributed by atoms with van der Waals surface area (Å²) in [7, 11) is 0. The summed E-state index contributed by atoms with van der Waals surface area (Å²) < 4.78 is 0. The van der Waals surface area contributed by atoms with Crippen molar-refractivity contribution < 1.29 is 0 Å². The van der Waals surface area contributed by atoms with Gasteiger partial charge in [-0.25, -0.2) is 0 Å². The monoisotopic (exact) mass is 947 g/mol. The molecule has 0 bridgehead atoms. The zero-order valence-electron chi connectivity index (χ0n) is 45.8. The standard InChI is InChI=1S/C72H82/c1-11-13-15-17-19-21-39-71(40-22-20-18-16-14-12-2)65-46-54(51-26-27-53-44-55-41-49(3)23-25-52(55)45-56(53)43-51)28-38-61(65)63-48-68-64(47-66(63)71)62-37-24-50(4)42-67(62)72(68,59-33-29-57(30-34-59)69(5,6)7)60-35-31-58(32-36-60)70(8,9)10/h23-38,41-48H,11-22,39-40H2,1-10H3. The normalized spacial score (nSPS) is 14.4. The molecule has 0 aliphatic heterocycles. The second-order valence-electron chi connectivity index (χ2n) is 24.5. The maximum absolute atomic E-state index is 2.75. The van der Waals surface area contributed by atoms with Gasteiger partial charge < -0.3 is 0 Å². The van der Waals surface area contributed by atoms with Gasteiger partial charge in [-0.3, -0.25) is 0 Å². The number of hydrogen-bond acceptors (Lipinski definition) is 0. The topological polar surface area (TPSA) is 0 Å². The van der Waals surface area contributed by atoms with E-state index in [0.717, 1.165) is 0 Å². The summed E-state index contributed by atoms with van der Waals surface area (Å²) in [4.78, 5) is 0. The minimum absolute atomic E-state index is 0.0568. The molecule has 0 radical (unpaired) electrons. The first-order valence-electron chi connectivity index (χ1n) is 28.3. The maximum Gasteiger partial charge on any atom is 0.0713 e. The van der Waals surface area contributed by atoms with Gasteiger partial charge in [0, 0.05) is 5.41 Å². The molecule has 0 spiro atoms. The van der Waals surface area contributed by atoms with E-state index in [4.69, 9.17) is 0 Å². The van der Waals surface area contributed by atoms with Crippen LogP contribution < -0.4 is 0 Å². The van der Waals surface area contributed by atoms with E-state index in [1.165, 1.54) is 189 Å². The molecule has 0 nitrogen and oxygen atoms in total. The smallest absolute Gasteiger partial charge is 0.0654 e. The van der Waals surface area contributed by atoms with Crippen LogP contribution in [-0.2, 0) is 21.7 Å². The Morgan fingerprint density at radius 3 is 1.33 bits per heavy atom. The van der Waals surface area contributed by atoms with Crippen LogP contribution in [0, 0.1) is 13.8 Å². The number of rotatable bonds is 17. The van der Waals surface area contributed by atoms with Crippen LogP contribution in [0.2, 0.25) is 0 Å². The van der Waals surface area contributed by atoms with Gasteiger partial charge in [0.15, 0.2) is 0 Å². The Labute approximate surface area is 434 Å². The number of unbranched alkanes of at least 4 members (excludes halogenated alkanes) is 10. The van der Waals surface area contributed by atoms with Gasteiger partial charge in [0.05, 0.1) is 5.41 Å². The first-order chi connectivity index (χ1) is 34.6. The molecule has 0 unspecified atom stereocenters. The molecule has 0 amide bonds. The number of hydrogen-bond donors (Lipinski definition) is 0. The summed E-state index contributed by atoms with van der Waals surface area (Å²) in [5, 5.41) is 5.24. The molecule has 72 heavy (non-hydrogen) atoms. The minimum atomic E-state index is -0.490. The molecule has 0 atom stereocenters. The second kappa shape index (κ2) is 19.9. The average molecular weight is 947 g/mol. The van der Waals surface area contributed by atoms with Gasteiger partial charge in [-0.05, 0) is 173 Å². The molecule has 10 rings (SSSR count). The van der Waals surface area contributed by atoms with Crippen molar-refractivity contribution in [3.8, 4) is 33.4 Å². The van der Waals surface area contributed by atoms with Crippen LogP contribution in [0.4, 0.5) is 0 Å². The summed E-state index contributed by atoms with van der Waals surface area (Å²) >= 11 is 0. The lowest BCUT2D eigenvalue weighted by atomic mass is 9.66. The number of aryl methyl sites for hydroxylation is 2. The highest BCUT2D eigenvalue weighted by Crippen LogP contribution is 2.62. The van der Waals surface area contributed by atoms with Crippen LogP contribution in [0.3, 0.4) is 0 Å². The maximum atomic E-state index is 2.75. The van der Waals surface area contributed by atoms with Gasteiger partial charge in [0.1, 0.15) is 0 Å². The lowest BCUT2D eigenvalue weighted by Crippen LogP contribution is -2.29. The van der Waals surface area contributed by atoms with Crippen molar-refractivity contribution in [1.29, 1.82) is 0 Å². The Morgan fingerprint density at radius 2 is 0.750 bits per heavy atom. The van der Waals surface area contributed by atoms with Gasteiger partial charge in [-0.1, -0.05) is 253 Å². The van der Waals surface area contributed by atoms with Crippen LogP contribution in [-0.4, -0.2) is 0 Å². The van der Waals surface area contributed by atoms with Crippen LogP contribution in [0.25, 0.3) is 54.9 Å². The zero-order chi connectivity index (χ0) is 50.4. The Kier molecular flexibility index (Phi) is 13.8. The van der Waals surface area contributed by atoms with E-state index in [-0.39, 0.29) is 16.2 Å². The van der Waals surface area contributed by atoms with E-state index in [2.05, 4.69) is 215 Å². The molecular formula is C72H82. The van der Waals surface area contributed by atoms with Gasteiger partial charge >= 0.3 is 0 Å². The van der Waals surface area contributed by atoms with Crippen LogP contribution in [0.15, 0.2) is 146 Å². The molecule has 370 valence electrons. The van der Waals surface area contributed by atoms with Crippen LogP contribution >= 0.6 is 0 Å². The molecule has 8 aromatic rings. The van der Waals surface area contributed by atoms with Crippen molar-refractivity contribution in [2.75, 3.05) is 0 Å². The molecular weight excluding hydrogens is 865 g/mol. The number of benzene rings is 8. The predicted octanol–water partition coefficient (Wildman–Crippen LogP) is 21.0. The Balaban J connectivity index is 1.21. The Bertz CT molecular complexity index is 3160. The summed E-state index contributed by atoms with van der Waals surface area (Å²) in [5.74, 6) is 0. The summed E-state index contributed by atoms with van der Waals surface area (Å²) in [6.45, 7) is 23.2. The van der Waals surface area contributed by atoms with E-state index in [9.17, 15) is 0 Å². The largest absolute Gasteiger partial charge is 0.0713 e. The fraction of sp³-hybridized carbons (Fsp3) is 0.389. The highest BCUT2D eigenvalue weighted by molar-refractivity contribution is 6.00. The molecule has 0 aromatic heterocycles. The Morgan fingerprint density at radius 1 is 0.333 bits per heavy atom. The van der Waals surface area contributed by atoms with E-state index < -0.39 is 5.41 Å². The van der Waals surface area contributed by atoms with Crippen molar-refractivity contribution >= 4 is 21.5 Å². The lowest BCUT2D eigenvalue weighted by molar-refractivity contribution is 0.398. The highest BCUT2D eigenvalue weighted by atomic mass is 14.5. The lowest BCUT2D eigenvalue weighted by Gasteiger charge is -2.36. The van der Waals surface area contributed by atoms with Crippen LogP contribution in [0.5, 0.6) is 0 Å². The molecule has 0 saturated carbocycles. The molecule has 2 aliphatic carbocycles. The third kappa shape index (κ3) is 9.09. The second-order valence-corrected chi connectivity index (χ2v) is 24.5. The highest BCUT2D eigenvalue weighted by Gasteiger charge is 2.50. The number of fused-ring (bicyclic) bond motifs is 8. The minimum Gasteiger partial charge on any atom is -0.0654 e. The van der Waals surface area contributed by atoms with E-state index in [0.29, 0.717) is 0 Å². The summed E-state index contributed by atoms with van der Waals surface area (Å²) in [6, 6.07) is 58.9. The molecule has 2 aliphatic rings. The SMILES string of the molecule is CCCCCCCCC1(CCCCCCCC)c2cc(-c3ccc4cc5cc(C)ccc5cc4c3)ccc2-c2cc3c(cc21)-c1ccc(C)cc1C3(c1ccc(C(C)(C)C)cc1)c1ccc(C(C)(C)C)cc1. The zero-order valence-corrected chi connectivity index (χ0v) is 45.8. The van der Waals surface area contributed by atoms with Gasteiger partial charge in [-0.2, -0.15) is 0 Å². The third-order valence-electron chi connectivity index (χ3n) is 17.3. The van der Waals surface area contributed by atoms with Gasteiger partial charge in [0.25, 0.3) is 0 Å². The molecule has 0 N–H and O–H groups in total. The first-order valence-corrected chi connectivity index (χ1v) is 28.3. The third-order valence-corrected chi connectivity index (χ3v) is 17.3. The van der Waals surface area contributed by atoms with Crippen molar-refractivity contribution in [2.45, 2.75) is 181 Å². The average Bonchev–Trinajstić information content (AvgIpc) is 3.79.